The Morgan fingerprint density at radius 1 is 0.829 bits per heavy atom. The van der Waals surface area contributed by atoms with E-state index in [-0.39, 0.29) is 23.0 Å². The van der Waals surface area contributed by atoms with E-state index < -0.39 is 29.5 Å². The maximum atomic E-state index is 14.1. The number of piperidine rings is 1. The number of rotatable bonds is 6. The zero-order valence-corrected chi connectivity index (χ0v) is 18.9. The maximum Gasteiger partial charge on any atom is 0.256 e. The first kappa shape index (κ1) is 24.1. The van der Waals surface area contributed by atoms with Gasteiger partial charge in [-0.2, -0.15) is 0 Å². The second-order valence-electron chi connectivity index (χ2n) is 8.42. The van der Waals surface area contributed by atoms with Gasteiger partial charge < -0.3 is 15.5 Å². The molecule has 1 unspecified atom stereocenters. The van der Waals surface area contributed by atoms with Crippen molar-refractivity contribution in [1.29, 1.82) is 0 Å². The molecule has 1 aliphatic heterocycles. The average molecular weight is 478 g/mol. The van der Waals surface area contributed by atoms with E-state index in [2.05, 4.69) is 10.6 Å². The van der Waals surface area contributed by atoms with Crippen LogP contribution in [0.3, 0.4) is 0 Å². The Labute approximate surface area is 201 Å². The van der Waals surface area contributed by atoms with Crippen molar-refractivity contribution in [3.8, 4) is 0 Å². The van der Waals surface area contributed by atoms with E-state index in [9.17, 15) is 23.2 Å². The van der Waals surface area contributed by atoms with Crippen molar-refractivity contribution in [1.82, 2.24) is 10.2 Å². The Morgan fingerprint density at radius 2 is 1.46 bits per heavy atom. The lowest BCUT2D eigenvalue weighted by Crippen LogP contribution is -2.52. The molecule has 6 nitrogen and oxygen atoms in total. The minimum absolute atomic E-state index is 0.00827. The molecular formula is C27H25F2N3O3. The minimum Gasteiger partial charge on any atom is -0.340 e. The SMILES string of the molecule is O=C(NC(C(=O)Nc1ccccc1)C1CCN(C(=O)c2ccccc2F)CC1)c1ccc(F)cc1. The first-order chi connectivity index (χ1) is 16.9. The van der Waals surface area contributed by atoms with Crippen LogP contribution in [0.1, 0.15) is 33.6 Å². The van der Waals surface area contributed by atoms with Crippen LogP contribution < -0.4 is 10.6 Å². The number of likely N-dealkylation sites (tertiary alicyclic amines) is 1. The van der Waals surface area contributed by atoms with E-state index in [0.29, 0.717) is 31.6 Å². The number of benzene rings is 3. The number of halogens is 2. The molecule has 1 fully saturated rings. The summed E-state index contributed by atoms with van der Waals surface area (Å²) in [5.41, 5.74) is 0.829. The average Bonchev–Trinajstić information content (AvgIpc) is 2.88. The molecule has 180 valence electrons. The number of carbonyl (C=O) groups excluding carboxylic acids is 3. The van der Waals surface area contributed by atoms with Gasteiger partial charge in [-0.25, -0.2) is 8.78 Å². The van der Waals surface area contributed by atoms with Gasteiger partial charge in [-0.3, -0.25) is 14.4 Å². The molecule has 1 atom stereocenters. The van der Waals surface area contributed by atoms with Gasteiger partial charge in [0.1, 0.15) is 17.7 Å². The number of carbonyl (C=O) groups is 3. The van der Waals surface area contributed by atoms with E-state index >= 15 is 0 Å². The fourth-order valence-corrected chi connectivity index (χ4v) is 4.21. The molecule has 0 bridgehead atoms. The lowest BCUT2D eigenvalue weighted by Gasteiger charge is -2.36. The Morgan fingerprint density at radius 3 is 2.11 bits per heavy atom. The van der Waals surface area contributed by atoms with Crippen LogP contribution in [0.5, 0.6) is 0 Å². The standard InChI is InChI=1S/C27H25F2N3O3/c28-20-12-10-19(11-13-20)25(33)31-24(26(34)30-21-6-2-1-3-7-21)18-14-16-32(17-15-18)27(35)22-8-4-5-9-23(22)29/h1-13,18,24H,14-17H2,(H,30,34)(H,31,33). The molecule has 1 aliphatic rings. The third-order valence-corrected chi connectivity index (χ3v) is 6.12. The van der Waals surface area contributed by atoms with Crippen LogP contribution in [0.4, 0.5) is 14.5 Å². The quantitative estimate of drug-likeness (QED) is 0.557. The summed E-state index contributed by atoms with van der Waals surface area (Å²) in [5.74, 6) is -2.58. The molecule has 3 aromatic rings. The molecule has 35 heavy (non-hydrogen) atoms. The van der Waals surface area contributed by atoms with Crippen molar-refractivity contribution in [3.05, 3.63) is 102 Å². The van der Waals surface area contributed by atoms with Crippen LogP contribution in [0.25, 0.3) is 0 Å². The highest BCUT2D eigenvalue weighted by Gasteiger charge is 2.34. The second kappa shape index (κ2) is 10.9. The third kappa shape index (κ3) is 5.90. The Hall–Kier alpha value is -4.07. The third-order valence-electron chi connectivity index (χ3n) is 6.12. The Kier molecular flexibility index (Phi) is 7.50. The van der Waals surface area contributed by atoms with Crippen molar-refractivity contribution in [2.24, 2.45) is 5.92 Å². The summed E-state index contributed by atoms with van der Waals surface area (Å²) >= 11 is 0. The second-order valence-corrected chi connectivity index (χ2v) is 8.42. The van der Waals surface area contributed by atoms with Gasteiger partial charge in [0.25, 0.3) is 11.8 Å². The van der Waals surface area contributed by atoms with Gasteiger partial charge in [0.15, 0.2) is 0 Å². The van der Waals surface area contributed by atoms with Crippen molar-refractivity contribution in [3.63, 3.8) is 0 Å². The van der Waals surface area contributed by atoms with Crippen molar-refractivity contribution in [2.45, 2.75) is 18.9 Å². The van der Waals surface area contributed by atoms with E-state index in [0.717, 1.165) is 0 Å². The van der Waals surface area contributed by atoms with Crippen molar-refractivity contribution in [2.75, 3.05) is 18.4 Å². The lowest BCUT2D eigenvalue weighted by atomic mass is 9.88. The van der Waals surface area contributed by atoms with Gasteiger partial charge >= 0.3 is 0 Å². The highest BCUT2D eigenvalue weighted by Crippen LogP contribution is 2.24. The summed E-state index contributed by atoms with van der Waals surface area (Å²) in [6.07, 6.45) is 0.882. The molecule has 0 radical (unpaired) electrons. The van der Waals surface area contributed by atoms with E-state index in [4.69, 9.17) is 0 Å². The van der Waals surface area contributed by atoms with Gasteiger partial charge in [-0.1, -0.05) is 30.3 Å². The van der Waals surface area contributed by atoms with Crippen LogP contribution in [0.2, 0.25) is 0 Å². The molecular weight excluding hydrogens is 452 g/mol. The predicted molar refractivity (Wildman–Crippen MR) is 128 cm³/mol. The number of anilines is 1. The van der Waals surface area contributed by atoms with Crippen LogP contribution >= 0.6 is 0 Å². The van der Waals surface area contributed by atoms with Crippen molar-refractivity contribution < 1.29 is 23.2 Å². The molecule has 0 aliphatic carbocycles. The number of hydrogen-bond donors (Lipinski definition) is 2. The summed E-state index contributed by atoms with van der Waals surface area (Å²) in [6, 6.07) is 18.9. The molecule has 0 aromatic heterocycles. The van der Waals surface area contributed by atoms with Crippen LogP contribution in [-0.4, -0.2) is 41.8 Å². The molecule has 3 aromatic carbocycles. The first-order valence-electron chi connectivity index (χ1n) is 11.4. The molecule has 0 saturated carbocycles. The highest BCUT2D eigenvalue weighted by molar-refractivity contribution is 6.01. The van der Waals surface area contributed by atoms with Gasteiger partial charge in [0, 0.05) is 24.3 Å². The van der Waals surface area contributed by atoms with Gasteiger partial charge in [-0.15, -0.1) is 0 Å². The first-order valence-corrected chi connectivity index (χ1v) is 11.4. The molecule has 1 saturated heterocycles. The number of amides is 3. The summed E-state index contributed by atoms with van der Waals surface area (Å²) in [6.45, 7) is 0.638. The summed E-state index contributed by atoms with van der Waals surface area (Å²) < 4.78 is 27.3. The summed E-state index contributed by atoms with van der Waals surface area (Å²) in [4.78, 5) is 40.4. The normalized spacial score (nSPS) is 14.7. The number of para-hydroxylation sites is 1. The molecule has 2 N–H and O–H groups in total. The predicted octanol–water partition coefficient (Wildman–Crippen LogP) is 4.25. The fraction of sp³-hybridized carbons (Fsp3) is 0.222. The van der Waals surface area contributed by atoms with Gasteiger partial charge in [0.2, 0.25) is 5.91 Å². The highest BCUT2D eigenvalue weighted by atomic mass is 19.1. The molecule has 8 heteroatoms. The number of nitrogens with one attached hydrogen (secondary N) is 2. The smallest absolute Gasteiger partial charge is 0.256 e. The van der Waals surface area contributed by atoms with Crippen molar-refractivity contribution >= 4 is 23.4 Å². The summed E-state index contributed by atoms with van der Waals surface area (Å²) in [5, 5.41) is 5.62. The van der Waals surface area contributed by atoms with Crippen LogP contribution in [0.15, 0.2) is 78.9 Å². The molecule has 1 heterocycles. The topological polar surface area (TPSA) is 78.5 Å². The fourth-order valence-electron chi connectivity index (χ4n) is 4.21. The monoisotopic (exact) mass is 477 g/mol. The molecule has 0 spiro atoms. The zero-order chi connectivity index (χ0) is 24.8. The minimum atomic E-state index is -0.876. The van der Waals surface area contributed by atoms with E-state index in [1.54, 1.807) is 35.2 Å². The summed E-state index contributed by atoms with van der Waals surface area (Å²) in [7, 11) is 0. The molecule has 3 amide bonds. The lowest BCUT2D eigenvalue weighted by molar-refractivity contribution is -0.119. The Bertz CT molecular complexity index is 1190. The number of hydrogen-bond acceptors (Lipinski definition) is 3. The van der Waals surface area contributed by atoms with Gasteiger partial charge in [0.05, 0.1) is 5.56 Å². The maximum absolute atomic E-state index is 14.1. The zero-order valence-electron chi connectivity index (χ0n) is 18.9. The van der Waals surface area contributed by atoms with E-state index in [1.165, 1.54) is 42.5 Å². The number of nitrogens with zero attached hydrogens (tertiary/aromatic N) is 1. The van der Waals surface area contributed by atoms with Crippen LogP contribution in [-0.2, 0) is 4.79 Å². The largest absolute Gasteiger partial charge is 0.340 e. The van der Waals surface area contributed by atoms with Crippen LogP contribution in [0, 0.1) is 17.6 Å². The molecule has 4 rings (SSSR count). The Balaban J connectivity index is 1.48. The van der Waals surface area contributed by atoms with E-state index in [1.807, 2.05) is 6.07 Å². The van der Waals surface area contributed by atoms with Gasteiger partial charge in [-0.05, 0) is 67.3 Å².